The number of anilines is 1. The van der Waals surface area contributed by atoms with Gasteiger partial charge in [-0.2, -0.15) is 4.31 Å². The van der Waals surface area contributed by atoms with E-state index in [9.17, 15) is 13.2 Å². The maximum absolute atomic E-state index is 13.1. The van der Waals surface area contributed by atoms with Gasteiger partial charge in [-0.15, -0.1) is 0 Å². The zero-order chi connectivity index (χ0) is 18.5. The van der Waals surface area contributed by atoms with Gasteiger partial charge in [0.25, 0.3) is 0 Å². The van der Waals surface area contributed by atoms with Gasteiger partial charge in [-0.3, -0.25) is 4.79 Å². The second-order valence-corrected chi connectivity index (χ2v) is 10.5. The summed E-state index contributed by atoms with van der Waals surface area (Å²) >= 11 is 0. The van der Waals surface area contributed by atoms with Gasteiger partial charge in [-0.25, -0.2) is 8.42 Å². The van der Waals surface area contributed by atoms with Crippen LogP contribution < -0.4 is 4.90 Å². The Morgan fingerprint density at radius 3 is 2.35 bits per heavy atom. The van der Waals surface area contributed by atoms with Gasteiger partial charge in [0.05, 0.1) is 4.90 Å². The molecule has 1 amide bonds. The first-order chi connectivity index (χ1) is 12.3. The van der Waals surface area contributed by atoms with Gasteiger partial charge in [-0.05, 0) is 49.4 Å². The highest BCUT2D eigenvalue weighted by molar-refractivity contribution is 7.89. The summed E-state index contributed by atoms with van der Waals surface area (Å²) in [6.45, 7) is 6.03. The molecule has 1 saturated carbocycles. The predicted molar refractivity (Wildman–Crippen MR) is 102 cm³/mol. The monoisotopic (exact) mass is 376 g/mol. The normalized spacial score (nSPS) is 23.5. The summed E-state index contributed by atoms with van der Waals surface area (Å²) in [7, 11) is -3.47. The van der Waals surface area contributed by atoms with Crippen LogP contribution in [0.1, 0.15) is 57.9 Å². The first-order valence-corrected chi connectivity index (χ1v) is 11.2. The molecule has 0 aromatic heterocycles. The zero-order valence-corrected chi connectivity index (χ0v) is 16.5. The van der Waals surface area contributed by atoms with E-state index in [2.05, 4.69) is 13.8 Å². The van der Waals surface area contributed by atoms with Crippen LogP contribution in [0.3, 0.4) is 0 Å². The van der Waals surface area contributed by atoms with Gasteiger partial charge < -0.3 is 4.90 Å². The molecule has 4 rings (SSSR count). The van der Waals surface area contributed by atoms with Gasteiger partial charge in [-0.1, -0.05) is 26.7 Å². The first-order valence-electron chi connectivity index (χ1n) is 9.77. The van der Waals surface area contributed by atoms with E-state index in [1.165, 1.54) is 0 Å². The van der Waals surface area contributed by atoms with Crippen molar-refractivity contribution in [3.8, 4) is 0 Å². The van der Waals surface area contributed by atoms with E-state index in [0.717, 1.165) is 49.8 Å². The highest BCUT2D eigenvalue weighted by Gasteiger charge is 2.43. The summed E-state index contributed by atoms with van der Waals surface area (Å²) in [5.41, 5.74) is 1.63. The third-order valence-corrected chi connectivity index (χ3v) is 7.83. The number of fused-ring (bicyclic) bond motifs is 1. The highest BCUT2D eigenvalue weighted by atomic mass is 32.2. The number of amides is 1. The molecule has 0 radical (unpaired) electrons. The fourth-order valence-corrected chi connectivity index (χ4v) is 5.74. The Hall–Kier alpha value is -1.40. The minimum atomic E-state index is -3.47. The largest absolute Gasteiger partial charge is 0.311 e. The molecule has 0 unspecified atom stereocenters. The Bertz CT molecular complexity index is 819. The molecule has 0 bridgehead atoms. The Morgan fingerprint density at radius 2 is 1.73 bits per heavy atom. The van der Waals surface area contributed by atoms with E-state index in [1.54, 1.807) is 10.4 Å². The number of hydrogen-bond donors (Lipinski definition) is 0. The van der Waals surface area contributed by atoms with E-state index < -0.39 is 10.0 Å². The van der Waals surface area contributed by atoms with Gasteiger partial charge in [0, 0.05) is 36.7 Å². The summed E-state index contributed by atoms with van der Waals surface area (Å²) in [4.78, 5) is 14.9. The van der Waals surface area contributed by atoms with Crippen LogP contribution in [0.4, 0.5) is 5.69 Å². The molecule has 1 aliphatic carbocycles. The van der Waals surface area contributed by atoms with E-state index in [-0.39, 0.29) is 17.2 Å². The van der Waals surface area contributed by atoms with E-state index in [1.807, 2.05) is 17.0 Å². The maximum atomic E-state index is 13.1. The SMILES string of the molecule is CC1(C)CN(C(=O)C2CC2)c2ccc(S(=O)(=O)N3CCCCCC3)cc21. The van der Waals surface area contributed by atoms with Crippen molar-refractivity contribution in [2.45, 2.75) is 62.7 Å². The quantitative estimate of drug-likeness (QED) is 0.813. The highest BCUT2D eigenvalue weighted by Crippen LogP contribution is 2.44. The fraction of sp³-hybridized carbons (Fsp3) is 0.650. The zero-order valence-electron chi connectivity index (χ0n) is 15.7. The number of benzene rings is 1. The molecule has 6 heteroatoms. The number of nitrogens with zero attached hydrogens (tertiary/aromatic N) is 2. The molecule has 1 aromatic rings. The molecule has 0 spiro atoms. The maximum Gasteiger partial charge on any atom is 0.243 e. The molecule has 142 valence electrons. The minimum Gasteiger partial charge on any atom is -0.311 e. The standard InChI is InChI=1S/C20H28N2O3S/c1-20(2)14-22(19(23)15-7-8-15)18-10-9-16(13-17(18)20)26(24,25)21-11-5-3-4-6-12-21/h9-10,13,15H,3-8,11-12,14H2,1-2H3. The van der Waals surface area contributed by atoms with Crippen LogP contribution in [-0.2, 0) is 20.2 Å². The second-order valence-electron chi connectivity index (χ2n) is 8.58. The molecule has 0 N–H and O–H groups in total. The van der Waals surface area contributed by atoms with Crippen LogP contribution in [0.25, 0.3) is 0 Å². The van der Waals surface area contributed by atoms with Crippen molar-refractivity contribution in [2.24, 2.45) is 5.92 Å². The molecular formula is C20H28N2O3S. The van der Waals surface area contributed by atoms with Gasteiger partial charge in [0.2, 0.25) is 15.9 Å². The van der Waals surface area contributed by atoms with E-state index in [0.29, 0.717) is 24.5 Å². The number of sulfonamides is 1. The topological polar surface area (TPSA) is 57.7 Å². The third-order valence-electron chi connectivity index (χ3n) is 5.94. The lowest BCUT2D eigenvalue weighted by Gasteiger charge is -2.22. The van der Waals surface area contributed by atoms with Gasteiger partial charge >= 0.3 is 0 Å². The van der Waals surface area contributed by atoms with Gasteiger partial charge in [0.15, 0.2) is 0 Å². The van der Waals surface area contributed by atoms with Crippen molar-refractivity contribution in [1.29, 1.82) is 0 Å². The molecule has 3 aliphatic rings. The first kappa shape index (κ1) is 18.0. The number of carbonyl (C=O) groups is 1. The van der Waals surface area contributed by atoms with E-state index in [4.69, 9.17) is 0 Å². The predicted octanol–water partition coefficient (Wildman–Crippen LogP) is 3.29. The lowest BCUT2D eigenvalue weighted by molar-refractivity contribution is -0.119. The van der Waals surface area contributed by atoms with Crippen molar-refractivity contribution in [1.82, 2.24) is 4.31 Å². The van der Waals surface area contributed by atoms with Crippen LogP contribution >= 0.6 is 0 Å². The number of carbonyl (C=O) groups excluding carboxylic acids is 1. The number of rotatable bonds is 3. The average molecular weight is 377 g/mol. The lowest BCUT2D eigenvalue weighted by Crippen LogP contribution is -2.34. The molecule has 2 fully saturated rings. The molecular weight excluding hydrogens is 348 g/mol. The van der Waals surface area contributed by atoms with Crippen molar-refractivity contribution in [2.75, 3.05) is 24.5 Å². The average Bonchev–Trinajstić information content (AvgIpc) is 3.42. The summed E-state index contributed by atoms with van der Waals surface area (Å²) < 4.78 is 27.9. The van der Waals surface area contributed by atoms with Gasteiger partial charge in [0.1, 0.15) is 0 Å². The molecule has 2 aliphatic heterocycles. The summed E-state index contributed by atoms with van der Waals surface area (Å²) in [6, 6.07) is 5.35. The second kappa shape index (κ2) is 6.34. The Labute approximate surface area is 156 Å². The van der Waals surface area contributed by atoms with Crippen LogP contribution in [0.15, 0.2) is 23.1 Å². The third kappa shape index (κ3) is 3.07. The fourth-order valence-electron chi connectivity index (χ4n) is 4.20. The summed E-state index contributed by atoms with van der Waals surface area (Å²) in [5, 5.41) is 0. The van der Waals surface area contributed by atoms with E-state index >= 15 is 0 Å². The van der Waals surface area contributed by atoms with Crippen molar-refractivity contribution >= 4 is 21.6 Å². The summed E-state index contributed by atoms with van der Waals surface area (Å²) in [6.07, 6.45) is 6.01. The Balaban J connectivity index is 1.69. The number of hydrogen-bond acceptors (Lipinski definition) is 3. The van der Waals surface area contributed by atoms with Crippen LogP contribution in [0, 0.1) is 5.92 Å². The van der Waals surface area contributed by atoms with Crippen LogP contribution in [-0.4, -0.2) is 38.3 Å². The van der Waals surface area contributed by atoms with Crippen molar-refractivity contribution in [3.05, 3.63) is 23.8 Å². The molecule has 26 heavy (non-hydrogen) atoms. The van der Waals surface area contributed by atoms with Crippen molar-refractivity contribution < 1.29 is 13.2 Å². The molecule has 5 nitrogen and oxygen atoms in total. The Morgan fingerprint density at radius 1 is 1.08 bits per heavy atom. The molecule has 1 aromatic carbocycles. The molecule has 2 heterocycles. The van der Waals surface area contributed by atoms with Crippen molar-refractivity contribution in [3.63, 3.8) is 0 Å². The van der Waals surface area contributed by atoms with Crippen LogP contribution in [0.5, 0.6) is 0 Å². The summed E-state index contributed by atoms with van der Waals surface area (Å²) in [5.74, 6) is 0.359. The minimum absolute atomic E-state index is 0.164. The molecule has 1 saturated heterocycles. The lowest BCUT2D eigenvalue weighted by atomic mass is 9.87. The smallest absolute Gasteiger partial charge is 0.243 e. The molecule has 0 atom stereocenters. The van der Waals surface area contributed by atoms with Crippen LogP contribution in [0.2, 0.25) is 0 Å². The Kier molecular flexibility index (Phi) is 4.39.